The van der Waals surface area contributed by atoms with Gasteiger partial charge in [-0.05, 0) is 52.7 Å². The number of nitrogens with zero attached hydrogens (tertiary/aromatic N) is 3. The van der Waals surface area contributed by atoms with Crippen LogP contribution in [0.25, 0.3) is 0 Å². The van der Waals surface area contributed by atoms with Gasteiger partial charge in [-0.2, -0.15) is 0 Å². The Morgan fingerprint density at radius 3 is 2.67 bits per heavy atom. The second-order valence-electron chi connectivity index (χ2n) is 4.49. The van der Waals surface area contributed by atoms with Crippen LogP contribution in [0.3, 0.4) is 0 Å². The van der Waals surface area contributed by atoms with Crippen LogP contribution in [0.5, 0.6) is 0 Å². The van der Waals surface area contributed by atoms with Gasteiger partial charge in [0, 0.05) is 35.6 Å². The fraction of sp³-hybridized carbons (Fsp3) is 0.200. The van der Waals surface area contributed by atoms with E-state index in [1.165, 1.54) is 0 Å². The van der Waals surface area contributed by atoms with Crippen molar-refractivity contribution in [2.75, 3.05) is 11.4 Å². The van der Waals surface area contributed by atoms with E-state index in [1.807, 2.05) is 30.3 Å². The molecule has 0 spiro atoms. The number of amidine groups is 1. The van der Waals surface area contributed by atoms with Gasteiger partial charge < -0.3 is 15.8 Å². The minimum atomic E-state index is 0.0886. The molecular weight excluding hydrogens is 332 g/mol. The summed E-state index contributed by atoms with van der Waals surface area (Å²) in [5.41, 5.74) is 8.57. The van der Waals surface area contributed by atoms with Crippen LogP contribution in [-0.2, 0) is 6.54 Å². The molecule has 0 unspecified atom stereocenters. The van der Waals surface area contributed by atoms with E-state index in [0.29, 0.717) is 5.56 Å². The van der Waals surface area contributed by atoms with Gasteiger partial charge in [-0.3, -0.25) is 4.98 Å². The molecule has 1 heterocycles. The Hall–Kier alpha value is -2.08. The van der Waals surface area contributed by atoms with Crippen LogP contribution in [0.2, 0.25) is 0 Å². The standard InChI is InChI=1S/C15H17BrN4O/c1-2-20(10-11-6-8-18-9-7-11)13-5-3-4-12(16)14(13)15(17)19-21/h3-9,21H,2,10H2,1H3,(H2,17,19). The molecule has 0 aliphatic rings. The van der Waals surface area contributed by atoms with Gasteiger partial charge in [-0.25, -0.2) is 0 Å². The molecule has 0 bridgehead atoms. The van der Waals surface area contributed by atoms with E-state index in [2.05, 4.69) is 37.9 Å². The monoisotopic (exact) mass is 348 g/mol. The molecule has 2 rings (SSSR count). The summed E-state index contributed by atoms with van der Waals surface area (Å²) in [5.74, 6) is 0.0886. The first-order valence-corrected chi connectivity index (χ1v) is 7.37. The minimum Gasteiger partial charge on any atom is -0.409 e. The Morgan fingerprint density at radius 2 is 2.05 bits per heavy atom. The number of anilines is 1. The molecule has 0 fully saturated rings. The molecule has 110 valence electrons. The smallest absolute Gasteiger partial charge is 0.173 e. The van der Waals surface area contributed by atoms with Crippen LogP contribution in [0.4, 0.5) is 5.69 Å². The van der Waals surface area contributed by atoms with Crippen molar-refractivity contribution in [1.82, 2.24) is 4.98 Å². The molecule has 0 saturated heterocycles. The number of rotatable bonds is 5. The first kappa shape index (κ1) is 15.3. The van der Waals surface area contributed by atoms with Crippen molar-refractivity contribution in [3.63, 3.8) is 0 Å². The lowest BCUT2D eigenvalue weighted by molar-refractivity contribution is 0.318. The van der Waals surface area contributed by atoms with E-state index in [-0.39, 0.29) is 5.84 Å². The fourth-order valence-electron chi connectivity index (χ4n) is 2.16. The van der Waals surface area contributed by atoms with E-state index >= 15 is 0 Å². The van der Waals surface area contributed by atoms with Gasteiger partial charge in [-0.1, -0.05) is 11.2 Å². The first-order chi connectivity index (χ1) is 10.2. The van der Waals surface area contributed by atoms with E-state index in [4.69, 9.17) is 10.9 Å². The number of benzene rings is 1. The summed E-state index contributed by atoms with van der Waals surface area (Å²) < 4.78 is 0.795. The predicted octanol–water partition coefficient (Wildman–Crippen LogP) is 2.97. The van der Waals surface area contributed by atoms with Crippen molar-refractivity contribution in [2.24, 2.45) is 10.9 Å². The summed E-state index contributed by atoms with van der Waals surface area (Å²) in [6.45, 7) is 3.59. The normalized spacial score (nSPS) is 11.4. The molecule has 1 aromatic carbocycles. The summed E-state index contributed by atoms with van der Waals surface area (Å²) in [5, 5.41) is 12.1. The van der Waals surface area contributed by atoms with Crippen LogP contribution in [0.1, 0.15) is 18.1 Å². The van der Waals surface area contributed by atoms with Crippen LogP contribution in [0.15, 0.2) is 52.4 Å². The SMILES string of the molecule is CCN(Cc1ccncc1)c1cccc(Br)c1/C(N)=N/O. The Bertz CT molecular complexity index is 631. The molecule has 3 N–H and O–H groups in total. The number of halogens is 1. The molecule has 21 heavy (non-hydrogen) atoms. The predicted molar refractivity (Wildman–Crippen MR) is 87.6 cm³/mol. The maximum Gasteiger partial charge on any atom is 0.173 e. The second kappa shape index (κ2) is 7.08. The Morgan fingerprint density at radius 1 is 1.33 bits per heavy atom. The molecule has 0 atom stereocenters. The summed E-state index contributed by atoms with van der Waals surface area (Å²) in [7, 11) is 0. The number of oxime groups is 1. The highest BCUT2D eigenvalue weighted by Gasteiger charge is 2.16. The van der Waals surface area contributed by atoms with Gasteiger partial charge in [0.15, 0.2) is 5.84 Å². The molecule has 0 aliphatic heterocycles. The number of aromatic nitrogens is 1. The van der Waals surface area contributed by atoms with Crippen molar-refractivity contribution >= 4 is 27.5 Å². The Balaban J connectivity index is 2.41. The molecule has 5 nitrogen and oxygen atoms in total. The third-order valence-electron chi connectivity index (χ3n) is 3.20. The van der Waals surface area contributed by atoms with E-state index in [9.17, 15) is 0 Å². The average molecular weight is 349 g/mol. The third kappa shape index (κ3) is 3.52. The average Bonchev–Trinajstić information content (AvgIpc) is 2.52. The van der Waals surface area contributed by atoms with Crippen molar-refractivity contribution in [2.45, 2.75) is 13.5 Å². The first-order valence-electron chi connectivity index (χ1n) is 6.57. The lowest BCUT2D eigenvalue weighted by atomic mass is 10.1. The molecule has 1 aromatic heterocycles. The van der Waals surface area contributed by atoms with Crippen LogP contribution < -0.4 is 10.6 Å². The topological polar surface area (TPSA) is 74.7 Å². The van der Waals surface area contributed by atoms with E-state index < -0.39 is 0 Å². The van der Waals surface area contributed by atoms with Crippen LogP contribution in [-0.4, -0.2) is 22.6 Å². The molecule has 0 amide bonds. The second-order valence-corrected chi connectivity index (χ2v) is 5.34. The van der Waals surface area contributed by atoms with Crippen molar-refractivity contribution in [3.05, 3.63) is 58.3 Å². The third-order valence-corrected chi connectivity index (χ3v) is 3.86. The molecular formula is C15H17BrN4O. The van der Waals surface area contributed by atoms with Gasteiger partial charge in [0.2, 0.25) is 0 Å². The highest BCUT2D eigenvalue weighted by molar-refractivity contribution is 9.10. The zero-order chi connectivity index (χ0) is 15.2. The minimum absolute atomic E-state index is 0.0886. The summed E-state index contributed by atoms with van der Waals surface area (Å²) in [6.07, 6.45) is 3.54. The van der Waals surface area contributed by atoms with Crippen molar-refractivity contribution in [3.8, 4) is 0 Å². The molecule has 0 aliphatic carbocycles. The van der Waals surface area contributed by atoms with Crippen molar-refractivity contribution < 1.29 is 5.21 Å². The molecule has 0 saturated carbocycles. The number of pyridine rings is 1. The maximum absolute atomic E-state index is 9.00. The lowest BCUT2D eigenvalue weighted by Crippen LogP contribution is -2.26. The quantitative estimate of drug-likeness (QED) is 0.377. The number of nitrogens with two attached hydrogens (primary N) is 1. The van der Waals surface area contributed by atoms with Gasteiger partial charge in [-0.15, -0.1) is 0 Å². The summed E-state index contributed by atoms with van der Waals surface area (Å²) >= 11 is 3.46. The largest absolute Gasteiger partial charge is 0.409 e. The zero-order valence-corrected chi connectivity index (χ0v) is 13.3. The number of hydrogen-bond donors (Lipinski definition) is 2. The summed E-state index contributed by atoms with van der Waals surface area (Å²) in [4.78, 5) is 6.19. The van der Waals surface area contributed by atoms with Gasteiger partial charge in [0.1, 0.15) is 0 Å². The lowest BCUT2D eigenvalue weighted by Gasteiger charge is -2.26. The van der Waals surface area contributed by atoms with Gasteiger partial charge in [0.05, 0.1) is 5.56 Å². The maximum atomic E-state index is 9.00. The van der Waals surface area contributed by atoms with Gasteiger partial charge in [0.25, 0.3) is 0 Å². The number of hydrogen-bond acceptors (Lipinski definition) is 4. The van der Waals surface area contributed by atoms with Gasteiger partial charge >= 0.3 is 0 Å². The molecule has 2 aromatic rings. The van der Waals surface area contributed by atoms with E-state index in [0.717, 1.165) is 28.8 Å². The molecule has 0 radical (unpaired) electrons. The summed E-state index contributed by atoms with van der Waals surface area (Å²) in [6, 6.07) is 9.72. The zero-order valence-electron chi connectivity index (χ0n) is 11.7. The van der Waals surface area contributed by atoms with Crippen LogP contribution in [0, 0.1) is 0 Å². The van der Waals surface area contributed by atoms with Crippen molar-refractivity contribution in [1.29, 1.82) is 0 Å². The highest BCUT2D eigenvalue weighted by atomic mass is 79.9. The fourth-order valence-corrected chi connectivity index (χ4v) is 2.71. The van der Waals surface area contributed by atoms with Crippen LogP contribution >= 0.6 is 15.9 Å². The van der Waals surface area contributed by atoms with E-state index in [1.54, 1.807) is 12.4 Å². The highest BCUT2D eigenvalue weighted by Crippen LogP contribution is 2.28. The molecule has 6 heteroatoms. The Labute approximate surface area is 132 Å². The Kier molecular flexibility index (Phi) is 5.16.